The van der Waals surface area contributed by atoms with Crippen molar-refractivity contribution in [1.29, 1.82) is 0 Å². The molecule has 0 saturated heterocycles. The Morgan fingerprint density at radius 2 is 1.00 bits per heavy atom. The molecule has 0 rings (SSSR count). The monoisotopic (exact) mass is 227 g/mol. The van der Waals surface area contributed by atoms with Crippen molar-refractivity contribution in [1.82, 2.24) is 0 Å². The van der Waals surface area contributed by atoms with Crippen LogP contribution < -0.4 is 0 Å². The van der Waals surface area contributed by atoms with Crippen molar-refractivity contribution in [2.24, 2.45) is 0 Å². The van der Waals surface area contributed by atoms with E-state index in [1.54, 1.807) is 0 Å². The predicted molar refractivity (Wildman–Crippen MR) is 25.9 cm³/mol. The van der Waals surface area contributed by atoms with E-state index in [4.69, 9.17) is 30.0 Å². The molecule has 0 fully saturated rings. The largest absolute Gasteiger partial charge is 0.665 e. The summed E-state index contributed by atoms with van der Waals surface area (Å²) in [5.74, 6) is 0. The van der Waals surface area contributed by atoms with E-state index in [1.165, 1.54) is 0 Å². The number of hydrogen-bond donors (Lipinski definition) is 4. The number of rotatable bonds is 0. The zero-order chi connectivity index (χ0) is 8.12. The maximum atomic E-state index is 8.24. The van der Waals surface area contributed by atoms with Gasteiger partial charge >= 0.3 is 0 Å². The fraction of sp³-hybridized carbons (Fsp3) is 0.333. The van der Waals surface area contributed by atoms with Crippen LogP contribution in [0.3, 0.4) is 0 Å². The fourth-order valence-electron chi connectivity index (χ4n) is 0. The van der Waals surface area contributed by atoms with Gasteiger partial charge in [0, 0.05) is 32.7 Å². The minimum Gasteiger partial charge on any atom is -0.665 e. The van der Waals surface area contributed by atoms with Crippen molar-refractivity contribution in [3.05, 3.63) is 0 Å². The predicted octanol–water partition coefficient (Wildman–Crippen LogP) is -1.85. The zero-order valence-corrected chi connectivity index (χ0v) is 7.73. The molecule has 10 heavy (non-hydrogen) atoms. The first-order chi connectivity index (χ1) is 4.24. The molecule has 0 spiro atoms. The smallest absolute Gasteiger partial charge is 0.140 e. The van der Waals surface area contributed by atoms with Crippen LogP contribution in [0.4, 0.5) is 0 Å². The second-order valence-corrected chi connectivity index (χ2v) is 0.324. The van der Waals surface area contributed by atoms with Crippen molar-refractivity contribution in [3.8, 4) is 0 Å². The Labute approximate surface area is 82.4 Å². The molecule has 0 saturated carbocycles. The van der Waals surface area contributed by atoms with Crippen LogP contribution in [0.2, 0.25) is 0 Å². The van der Waals surface area contributed by atoms with Crippen LogP contribution in [-0.2, 0) is 42.3 Å². The van der Waals surface area contributed by atoms with E-state index >= 15 is 0 Å². The first-order valence-electron chi connectivity index (χ1n) is 1.49. The van der Waals surface area contributed by atoms with E-state index in [1.807, 2.05) is 0 Å². The van der Waals surface area contributed by atoms with Gasteiger partial charge in [0.2, 0.25) is 0 Å². The van der Waals surface area contributed by atoms with Crippen molar-refractivity contribution < 1.29 is 62.7 Å². The molecule has 0 unspecified atom stereocenters. The van der Waals surface area contributed by atoms with E-state index in [-0.39, 0.29) is 32.7 Å². The average Bonchev–Trinajstić information content (AvgIpc) is 1.70. The normalized spacial score (nSPS) is 4.20. The minimum absolute atomic E-state index is 0. The molecule has 0 aromatic carbocycles. The van der Waals surface area contributed by atoms with Crippen molar-refractivity contribution in [2.75, 3.05) is 6.79 Å². The van der Waals surface area contributed by atoms with Crippen LogP contribution >= 0.6 is 0 Å². The van der Waals surface area contributed by atoms with Crippen LogP contribution in [0.1, 0.15) is 0 Å². The van der Waals surface area contributed by atoms with E-state index in [0.29, 0.717) is 12.9 Å². The van der Waals surface area contributed by atoms with Gasteiger partial charge in [-0.2, -0.15) is 0 Å². The van der Waals surface area contributed by atoms with E-state index < -0.39 is 6.79 Å². The van der Waals surface area contributed by atoms with E-state index in [9.17, 15) is 0 Å². The first-order valence-corrected chi connectivity index (χ1v) is 1.49. The third kappa shape index (κ3) is 296000. The molecule has 4 N–H and O–H groups in total. The molecule has 0 bridgehead atoms. The van der Waals surface area contributed by atoms with Gasteiger partial charge in [-0.05, 0) is 0 Å². The van der Waals surface area contributed by atoms with Gasteiger partial charge in [0.15, 0.2) is 0 Å². The van der Waals surface area contributed by atoms with Gasteiger partial charge in [-0.25, -0.2) is 0 Å². The summed E-state index contributed by atoms with van der Waals surface area (Å²) in [4.78, 5) is 16.5. The molecular formula is C3H6O6Y-2. The summed E-state index contributed by atoms with van der Waals surface area (Å²) in [6.07, 6.45) is 0. The van der Waals surface area contributed by atoms with Crippen molar-refractivity contribution in [2.45, 2.75) is 0 Å². The molecule has 0 aromatic heterocycles. The quantitative estimate of drug-likeness (QED) is 0.285. The summed E-state index contributed by atoms with van der Waals surface area (Å²) in [6.45, 7) is 0.250. The van der Waals surface area contributed by atoms with Gasteiger partial charge in [0.1, 0.15) is 6.79 Å². The van der Waals surface area contributed by atoms with Crippen LogP contribution in [0.15, 0.2) is 0 Å². The van der Waals surface area contributed by atoms with E-state index in [0.717, 1.165) is 0 Å². The third-order valence-corrected chi connectivity index (χ3v) is 0. The standard InChI is InChI=1S/CH4O2.2CHO2.Y/c3*2-1-3;/h2-3H,1H2;2*(H,2,3);/q;2*-1;. The fourth-order valence-corrected chi connectivity index (χ4v) is 0. The molecule has 0 aromatic rings. The summed E-state index contributed by atoms with van der Waals surface area (Å²) in [6, 6.07) is 0. The number of hydrogen-bond acceptors (Lipinski definition) is 4. The van der Waals surface area contributed by atoms with Crippen LogP contribution in [-0.4, -0.2) is 40.2 Å². The summed E-state index contributed by atoms with van der Waals surface area (Å²) < 4.78 is 0. The Hall–Kier alpha value is -0.0361. The van der Waals surface area contributed by atoms with Gasteiger partial charge < -0.3 is 30.0 Å². The van der Waals surface area contributed by atoms with E-state index in [2.05, 4.69) is 0 Å². The summed E-state index contributed by atoms with van der Waals surface area (Å²) >= 11 is 0. The zero-order valence-electron chi connectivity index (χ0n) is 4.89. The Morgan fingerprint density at radius 1 is 1.00 bits per heavy atom. The molecule has 0 atom stereocenters. The molecular weight excluding hydrogens is 221 g/mol. The van der Waals surface area contributed by atoms with Gasteiger partial charge in [-0.15, -0.1) is 0 Å². The van der Waals surface area contributed by atoms with Gasteiger partial charge in [-0.3, -0.25) is 0 Å². The Balaban J connectivity index is -0.0000000257. The Bertz CT molecular complexity index is 42.3. The molecule has 6 nitrogen and oxygen atoms in total. The second-order valence-electron chi connectivity index (χ2n) is 0.324. The number of aliphatic hydroxyl groups excluding tert-OH is 3. The van der Waals surface area contributed by atoms with Gasteiger partial charge in [-0.1, -0.05) is 12.9 Å². The van der Waals surface area contributed by atoms with Gasteiger partial charge in [0.05, 0.1) is 0 Å². The van der Waals surface area contributed by atoms with Crippen LogP contribution in [0, 0.1) is 0 Å². The molecule has 0 heterocycles. The van der Waals surface area contributed by atoms with Crippen LogP contribution in [0.25, 0.3) is 0 Å². The van der Waals surface area contributed by atoms with Crippen molar-refractivity contribution in [3.63, 3.8) is 0 Å². The molecule has 0 aliphatic carbocycles. The first kappa shape index (κ1) is 22.5. The molecule has 59 valence electrons. The summed E-state index contributed by atoms with van der Waals surface area (Å²) in [5.41, 5.74) is 0. The molecule has 1 radical (unpaired) electrons. The maximum absolute atomic E-state index is 8.24. The van der Waals surface area contributed by atoms with Crippen molar-refractivity contribution >= 4 is 12.9 Å². The summed E-state index contributed by atoms with van der Waals surface area (Å²) in [7, 11) is 0. The topological polar surface area (TPSA) is 115 Å². The molecule has 0 aliphatic heterocycles. The Morgan fingerprint density at radius 3 is 1.00 bits per heavy atom. The molecule has 0 aliphatic rings. The third-order valence-electron chi connectivity index (χ3n) is 0. The Kier molecular flexibility index (Phi) is 146. The second kappa shape index (κ2) is 64.7. The SMILES string of the molecule is O=[C-]O.O=[C-]O.OCO.[Y]. The molecule has 7 heteroatoms. The average molecular weight is 227 g/mol. The maximum Gasteiger partial charge on any atom is 0.140 e. The summed E-state index contributed by atoms with van der Waals surface area (Å²) in [5, 5.41) is 27.8. The van der Waals surface area contributed by atoms with Gasteiger partial charge in [0.25, 0.3) is 0 Å². The minimum atomic E-state index is -0.750. The molecule has 0 amide bonds. The number of aliphatic hydroxyl groups is 2. The van der Waals surface area contributed by atoms with Crippen LogP contribution in [0.5, 0.6) is 0 Å².